The number of hydrogen-bond donors (Lipinski definition) is 1. The normalized spacial score (nSPS) is 47.8. The van der Waals surface area contributed by atoms with Crippen LogP contribution in [0.15, 0.2) is 11.6 Å². The second-order valence-corrected chi connectivity index (χ2v) is 12.2. The minimum atomic E-state index is -0.100. The summed E-state index contributed by atoms with van der Waals surface area (Å²) in [6.45, 7) is 10.8. The van der Waals surface area contributed by atoms with Gasteiger partial charge in [-0.2, -0.15) is 0 Å². The fourth-order valence-corrected chi connectivity index (χ4v) is 9.14. The fourth-order valence-electron chi connectivity index (χ4n) is 9.14. The zero-order valence-electron chi connectivity index (χ0n) is 19.5. The average Bonchev–Trinajstić information content (AvgIpc) is 3.07. The van der Waals surface area contributed by atoms with E-state index < -0.39 is 0 Å². The van der Waals surface area contributed by atoms with E-state index in [1.807, 2.05) is 0 Å². The number of hydrogen-bond acceptors (Lipinski definition) is 3. The van der Waals surface area contributed by atoms with E-state index in [9.17, 15) is 9.90 Å². The first-order valence-corrected chi connectivity index (χ1v) is 12.9. The van der Waals surface area contributed by atoms with Crippen molar-refractivity contribution >= 4 is 5.78 Å². The largest absolute Gasteiger partial charge is 0.393 e. The molecule has 0 amide bonds. The van der Waals surface area contributed by atoms with Crippen molar-refractivity contribution in [3.05, 3.63) is 11.6 Å². The molecule has 0 unspecified atom stereocenters. The Morgan fingerprint density at radius 3 is 2.63 bits per heavy atom. The Labute approximate surface area is 183 Å². The molecule has 5 rings (SSSR count). The molecule has 168 valence electrons. The zero-order chi connectivity index (χ0) is 21.1. The number of ketones is 1. The van der Waals surface area contributed by atoms with E-state index in [-0.39, 0.29) is 6.10 Å². The molecule has 3 saturated carbocycles. The number of piperidine rings is 1. The third kappa shape index (κ3) is 3.34. The smallest absolute Gasteiger partial charge is 0.135 e. The third-order valence-electron chi connectivity index (χ3n) is 10.8. The minimum Gasteiger partial charge on any atom is -0.393 e. The second-order valence-electron chi connectivity index (χ2n) is 12.2. The molecule has 3 nitrogen and oxygen atoms in total. The molecule has 4 aliphatic carbocycles. The molecule has 0 radical (unpaired) electrons. The van der Waals surface area contributed by atoms with E-state index in [4.69, 9.17) is 0 Å². The van der Waals surface area contributed by atoms with Gasteiger partial charge in [0.05, 0.1) is 6.10 Å². The molecule has 0 aromatic rings. The van der Waals surface area contributed by atoms with Crippen molar-refractivity contribution in [2.45, 2.75) is 91.1 Å². The molecule has 0 spiro atoms. The number of rotatable bonds is 3. The lowest BCUT2D eigenvalue weighted by atomic mass is 9.47. The van der Waals surface area contributed by atoms with E-state index in [0.717, 1.165) is 68.4 Å². The number of aliphatic hydroxyl groups excluding tert-OH is 1. The van der Waals surface area contributed by atoms with E-state index in [0.29, 0.717) is 16.6 Å². The summed E-state index contributed by atoms with van der Waals surface area (Å²) in [4.78, 5) is 14.2. The summed E-state index contributed by atoms with van der Waals surface area (Å²) in [5.41, 5.74) is 2.45. The van der Waals surface area contributed by atoms with Crippen molar-refractivity contribution < 1.29 is 9.90 Å². The van der Waals surface area contributed by atoms with E-state index >= 15 is 0 Å². The van der Waals surface area contributed by atoms with Crippen LogP contribution in [-0.4, -0.2) is 41.5 Å². The van der Waals surface area contributed by atoms with Crippen molar-refractivity contribution in [3.63, 3.8) is 0 Å². The Balaban J connectivity index is 1.31. The Hall–Kier alpha value is -0.670. The van der Waals surface area contributed by atoms with Crippen LogP contribution in [0.25, 0.3) is 0 Å². The summed E-state index contributed by atoms with van der Waals surface area (Å²) < 4.78 is 0. The quantitative estimate of drug-likeness (QED) is 0.644. The van der Waals surface area contributed by atoms with Crippen LogP contribution in [0.5, 0.6) is 0 Å². The van der Waals surface area contributed by atoms with Gasteiger partial charge in [-0.15, -0.1) is 0 Å². The van der Waals surface area contributed by atoms with Crippen LogP contribution in [0.1, 0.15) is 85.0 Å². The van der Waals surface area contributed by atoms with Crippen molar-refractivity contribution in [2.75, 3.05) is 19.6 Å². The van der Waals surface area contributed by atoms with Gasteiger partial charge in [0.1, 0.15) is 5.78 Å². The van der Waals surface area contributed by atoms with Crippen LogP contribution >= 0.6 is 0 Å². The summed E-state index contributed by atoms with van der Waals surface area (Å²) in [5.74, 6) is 4.61. The molecule has 0 bridgehead atoms. The summed E-state index contributed by atoms with van der Waals surface area (Å²) >= 11 is 0. The van der Waals surface area contributed by atoms with Crippen LogP contribution in [-0.2, 0) is 4.79 Å². The first-order chi connectivity index (χ1) is 14.3. The van der Waals surface area contributed by atoms with Crippen molar-refractivity contribution in [2.24, 2.45) is 40.4 Å². The standard InChI is InChI=1S/C27H43NO2/c1-18(17-28-14-10-20(29)11-15-28)23-6-7-24-22-5-4-19-16-21(30)8-12-26(19,2)25(22)9-13-27(23,24)3/h4,18,21-25,30H,5-17H2,1-3H3/t18-,21-,22+,23-,24+,25+,26+,27-/m1/s1. The highest BCUT2D eigenvalue weighted by atomic mass is 16.3. The maximum Gasteiger partial charge on any atom is 0.135 e. The molecule has 5 aliphatic rings. The average molecular weight is 414 g/mol. The number of allylic oxidation sites excluding steroid dienone is 1. The number of carbonyl (C=O) groups is 1. The zero-order valence-corrected chi connectivity index (χ0v) is 19.5. The molecule has 1 aliphatic heterocycles. The van der Waals surface area contributed by atoms with E-state index in [2.05, 4.69) is 31.7 Å². The molecule has 30 heavy (non-hydrogen) atoms. The van der Waals surface area contributed by atoms with Gasteiger partial charge in [0.15, 0.2) is 0 Å². The molecular weight excluding hydrogens is 370 g/mol. The lowest BCUT2D eigenvalue weighted by Crippen LogP contribution is -2.51. The number of likely N-dealkylation sites (tertiary alicyclic amines) is 1. The first-order valence-electron chi connectivity index (χ1n) is 12.9. The number of carbonyl (C=O) groups excluding carboxylic acids is 1. The predicted molar refractivity (Wildman–Crippen MR) is 121 cm³/mol. The monoisotopic (exact) mass is 413 g/mol. The maximum atomic E-state index is 11.6. The van der Waals surface area contributed by atoms with Gasteiger partial charge in [-0.1, -0.05) is 32.4 Å². The maximum absolute atomic E-state index is 11.6. The van der Waals surface area contributed by atoms with Gasteiger partial charge in [0.25, 0.3) is 0 Å². The first kappa shape index (κ1) is 21.2. The van der Waals surface area contributed by atoms with Crippen LogP contribution in [0, 0.1) is 40.4 Å². The summed E-state index contributed by atoms with van der Waals surface area (Å²) in [6, 6.07) is 0. The summed E-state index contributed by atoms with van der Waals surface area (Å²) in [6.07, 6.45) is 14.0. The molecule has 0 aromatic carbocycles. The second kappa shape index (κ2) is 7.73. The summed E-state index contributed by atoms with van der Waals surface area (Å²) in [5, 5.41) is 10.2. The number of nitrogens with zero attached hydrogens (tertiary/aromatic N) is 1. The van der Waals surface area contributed by atoms with Crippen molar-refractivity contribution in [3.8, 4) is 0 Å². The Morgan fingerprint density at radius 2 is 1.87 bits per heavy atom. The molecule has 4 fully saturated rings. The molecular formula is C27H43NO2. The SMILES string of the molecule is C[C@H](CN1CCC(=O)CC1)[C@H]1CC[C@H]2[C@@H]3CC=C4C[C@H](O)CC[C@]4(C)[C@H]3CC[C@]12C. The molecule has 8 atom stereocenters. The summed E-state index contributed by atoms with van der Waals surface area (Å²) in [7, 11) is 0. The van der Waals surface area contributed by atoms with Gasteiger partial charge in [0.2, 0.25) is 0 Å². The highest BCUT2D eigenvalue weighted by Crippen LogP contribution is 2.67. The molecule has 1 N–H and O–H groups in total. The van der Waals surface area contributed by atoms with Crippen LogP contribution in [0.2, 0.25) is 0 Å². The predicted octanol–water partition coefficient (Wildman–Crippen LogP) is 5.23. The number of aliphatic hydroxyl groups is 1. The van der Waals surface area contributed by atoms with Gasteiger partial charge >= 0.3 is 0 Å². The topological polar surface area (TPSA) is 40.5 Å². The minimum absolute atomic E-state index is 0.100. The molecule has 1 heterocycles. The van der Waals surface area contributed by atoms with Gasteiger partial charge in [-0.3, -0.25) is 4.79 Å². The Morgan fingerprint density at radius 1 is 1.10 bits per heavy atom. The fraction of sp³-hybridized carbons (Fsp3) is 0.889. The van der Waals surface area contributed by atoms with Gasteiger partial charge < -0.3 is 10.0 Å². The van der Waals surface area contributed by atoms with Gasteiger partial charge in [0, 0.05) is 32.5 Å². The van der Waals surface area contributed by atoms with E-state index in [1.54, 1.807) is 5.57 Å². The molecule has 1 saturated heterocycles. The third-order valence-corrected chi connectivity index (χ3v) is 10.8. The number of fused-ring (bicyclic) bond motifs is 5. The number of Topliss-reactive ketones (excluding diaryl/α,β-unsaturated/α-hetero) is 1. The Kier molecular flexibility index (Phi) is 5.46. The Bertz CT molecular complexity index is 706. The van der Waals surface area contributed by atoms with E-state index in [1.165, 1.54) is 45.1 Å². The van der Waals surface area contributed by atoms with Crippen molar-refractivity contribution in [1.29, 1.82) is 0 Å². The lowest BCUT2D eigenvalue weighted by molar-refractivity contribution is -0.121. The lowest BCUT2D eigenvalue weighted by Gasteiger charge is -2.58. The van der Waals surface area contributed by atoms with Crippen molar-refractivity contribution in [1.82, 2.24) is 4.90 Å². The molecule has 0 aromatic heterocycles. The highest BCUT2D eigenvalue weighted by Gasteiger charge is 2.59. The van der Waals surface area contributed by atoms with Gasteiger partial charge in [-0.05, 0) is 91.8 Å². The van der Waals surface area contributed by atoms with Crippen LogP contribution < -0.4 is 0 Å². The molecule has 3 heteroatoms. The van der Waals surface area contributed by atoms with Crippen LogP contribution in [0.3, 0.4) is 0 Å². The van der Waals surface area contributed by atoms with Gasteiger partial charge in [-0.25, -0.2) is 0 Å². The van der Waals surface area contributed by atoms with Crippen LogP contribution in [0.4, 0.5) is 0 Å². The highest BCUT2D eigenvalue weighted by molar-refractivity contribution is 5.79.